The molecule has 0 spiro atoms. The highest BCUT2D eigenvalue weighted by atomic mass is 16.5. The summed E-state index contributed by atoms with van der Waals surface area (Å²) in [5.41, 5.74) is 3.29. The minimum Gasteiger partial charge on any atom is -0.480 e. The Morgan fingerprint density at radius 3 is 2.26 bits per heavy atom. The lowest BCUT2D eigenvalue weighted by molar-refractivity contribution is -0.139. The van der Waals surface area contributed by atoms with Gasteiger partial charge in [-0.1, -0.05) is 78.9 Å². The highest BCUT2D eigenvalue weighted by molar-refractivity contribution is 5.87. The Balaban J connectivity index is 1.64. The third kappa shape index (κ3) is 4.59. The molecule has 0 aliphatic carbocycles. The molecule has 1 amide bonds. The second kappa shape index (κ2) is 9.17. The zero-order valence-electron chi connectivity index (χ0n) is 16.7. The molecule has 0 saturated carbocycles. The van der Waals surface area contributed by atoms with Gasteiger partial charge in [0.1, 0.15) is 12.6 Å². The quantitative estimate of drug-likeness (QED) is 0.409. The molecular weight excluding hydrogens is 392 g/mol. The summed E-state index contributed by atoms with van der Waals surface area (Å²) < 4.78 is 5.28. The van der Waals surface area contributed by atoms with E-state index in [9.17, 15) is 14.7 Å². The fourth-order valence-corrected chi connectivity index (χ4v) is 3.74. The van der Waals surface area contributed by atoms with Crippen LogP contribution in [0, 0.1) is 0 Å². The van der Waals surface area contributed by atoms with Crippen molar-refractivity contribution in [2.24, 2.45) is 0 Å². The molecule has 3 N–H and O–H groups in total. The summed E-state index contributed by atoms with van der Waals surface area (Å²) in [6.45, 7) is 0.0576. The van der Waals surface area contributed by atoms with Crippen LogP contribution >= 0.6 is 0 Å². The molecule has 156 valence electrons. The lowest BCUT2D eigenvalue weighted by Gasteiger charge is -2.25. The number of ether oxygens (including phenoxy) is 1. The molecule has 6 heteroatoms. The van der Waals surface area contributed by atoms with Crippen LogP contribution in [0.25, 0.3) is 10.9 Å². The molecule has 3 aromatic carbocycles. The van der Waals surface area contributed by atoms with E-state index in [1.807, 2.05) is 84.9 Å². The number of nitrogens with one attached hydrogen (secondary N) is 2. The fraction of sp³-hybridized carbons (Fsp3) is 0.120. The van der Waals surface area contributed by atoms with Gasteiger partial charge in [0.05, 0.1) is 0 Å². The molecule has 0 aliphatic rings. The van der Waals surface area contributed by atoms with Gasteiger partial charge in [0.25, 0.3) is 0 Å². The van der Waals surface area contributed by atoms with Crippen LogP contribution in [-0.2, 0) is 16.1 Å². The summed E-state index contributed by atoms with van der Waals surface area (Å²) in [5, 5.41) is 13.5. The lowest BCUT2D eigenvalue weighted by Crippen LogP contribution is -2.45. The predicted molar refractivity (Wildman–Crippen MR) is 118 cm³/mol. The van der Waals surface area contributed by atoms with Crippen molar-refractivity contribution in [3.8, 4) is 0 Å². The lowest BCUT2D eigenvalue weighted by atomic mass is 9.85. The van der Waals surface area contributed by atoms with Crippen LogP contribution < -0.4 is 5.32 Å². The van der Waals surface area contributed by atoms with Crippen molar-refractivity contribution in [2.75, 3.05) is 0 Å². The number of amides is 1. The normalized spacial score (nSPS) is 12.8. The molecule has 0 bridgehead atoms. The van der Waals surface area contributed by atoms with Crippen LogP contribution in [0.2, 0.25) is 0 Å². The highest BCUT2D eigenvalue weighted by Gasteiger charge is 2.34. The van der Waals surface area contributed by atoms with Crippen molar-refractivity contribution in [3.05, 3.63) is 108 Å². The number of aromatic amines is 1. The number of alkyl carbamates (subject to hydrolysis) is 1. The maximum absolute atomic E-state index is 12.5. The van der Waals surface area contributed by atoms with Gasteiger partial charge in [0.2, 0.25) is 0 Å². The summed E-state index contributed by atoms with van der Waals surface area (Å²) >= 11 is 0. The zero-order chi connectivity index (χ0) is 21.6. The molecule has 1 aromatic heterocycles. The van der Waals surface area contributed by atoms with Crippen molar-refractivity contribution >= 4 is 23.0 Å². The first-order valence-electron chi connectivity index (χ1n) is 9.94. The second-order valence-electron chi connectivity index (χ2n) is 7.20. The van der Waals surface area contributed by atoms with Crippen molar-refractivity contribution < 1.29 is 19.4 Å². The van der Waals surface area contributed by atoms with E-state index in [0.717, 1.165) is 27.6 Å². The number of fused-ring (bicyclic) bond motifs is 1. The van der Waals surface area contributed by atoms with Gasteiger partial charge in [-0.15, -0.1) is 0 Å². The number of hydrogen-bond acceptors (Lipinski definition) is 3. The van der Waals surface area contributed by atoms with Crippen LogP contribution in [0.15, 0.2) is 91.1 Å². The average Bonchev–Trinajstić information content (AvgIpc) is 3.22. The van der Waals surface area contributed by atoms with Crippen LogP contribution in [0.4, 0.5) is 4.79 Å². The minimum absolute atomic E-state index is 0.0576. The molecule has 4 aromatic rings. The van der Waals surface area contributed by atoms with Gasteiger partial charge in [-0.3, -0.25) is 0 Å². The van der Waals surface area contributed by atoms with Crippen LogP contribution in [0.5, 0.6) is 0 Å². The van der Waals surface area contributed by atoms with Crippen molar-refractivity contribution in [1.29, 1.82) is 0 Å². The Labute approximate surface area is 179 Å². The van der Waals surface area contributed by atoms with E-state index in [0.29, 0.717) is 0 Å². The highest BCUT2D eigenvalue weighted by Crippen LogP contribution is 2.33. The van der Waals surface area contributed by atoms with E-state index in [2.05, 4.69) is 10.3 Å². The first-order chi connectivity index (χ1) is 15.1. The fourth-order valence-electron chi connectivity index (χ4n) is 3.74. The minimum atomic E-state index is -1.22. The van der Waals surface area contributed by atoms with Gasteiger partial charge in [-0.05, 0) is 22.8 Å². The zero-order valence-corrected chi connectivity index (χ0v) is 16.7. The number of carbonyl (C=O) groups excluding carboxylic acids is 1. The van der Waals surface area contributed by atoms with Gasteiger partial charge < -0.3 is 20.1 Å². The summed E-state index contributed by atoms with van der Waals surface area (Å²) in [5.74, 6) is -1.75. The van der Waals surface area contributed by atoms with Gasteiger partial charge in [-0.25, -0.2) is 9.59 Å². The standard InChI is InChI=1S/C25H22N2O4/c28-24(29)23(27-25(30)31-16-17-9-3-1-4-10-17)22(18-11-5-2-6-12-18)20-15-26-21-14-8-7-13-19(20)21/h1-15,22-23,26H,16H2,(H,27,30)(H,28,29)/t22-,23-/m0/s1. The number of aromatic nitrogens is 1. The number of benzene rings is 3. The van der Waals surface area contributed by atoms with E-state index in [-0.39, 0.29) is 6.61 Å². The van der Waals surface area contributed by atoms with Crippen LogP contribution in [0.3, 0.4) is 0 Å². The van der Waals surface area contributed by atoms with E-state index >= 15 is 0 Å². The Hall–Kier alpha value is -4.06. The van der Waals surface area contributed by atoms with Gasteiger partial charge in [0.15, 0.2) is 0 Å². The molecule has 0 radical (unpaired) electrons. The van der Waals surface area contributed by atoms with Crippen LogP contribution in [0.1, 0.15) is 22.6 Å². The monoisotopic (exact) mass is 414 g/mol. The number of carbonyl (C=O) groups is 2. The maximum atomic E-state index is 12.5. The molecule has 31 heavy (non-hydrogen) atoms. The van der Waals surface area contributed by atoms with E-state index in [4.69, 9.17) is 4.74 Å². The molecule has 1 heterocycles. The first-order valence-corrected chi connectivity index (χ1v) is 9.94. The van der Waals surface area contributed by atoms with Crippen molar-refractivity contribution in [2.45, 2.75) is 18.6 Å². The van der Waals surface area contributed by atoms with E-state index in [1.54, 1.807) is 6.20 Å². The number of carboxylic acids is 1. The maximum Gasteiger partial charge on any atom is 0.408 e. The molecule has 0 unspecified atom stereocenters. The number of carboxylic acid groups (broad SMARTS) is 1. The average molecular weight is 414 g/mol. The van der Waals surface area contributed by atoms with E-state index < -0.39 is 24.0 Å². The molecule has 0 fully saturated rings. The smallest absolute Gasteiger partial charge is 0.408 e. The molecule has 2 atom stereocenters. The topological polar surface area (TPSA) is 91.4 Å². The molecular formula is C25H22N2O4. The second-order valence-corrected chi connectivity index (χ2v) is 7.20. The Bertz CT molecular complexity index is 1170. The Kier molecular flexibility index (Phi) is 5.98. The number of hydrogen-bond donors (Lipinski definition) is 3. The Morgan fingerprint density at radius 2 is 1.55 bits per heavy atom. The number of aliphatic carboxylic acids is 1. The largest absolute Gasteiger partial charge is 0.480 e. The number of para-hydroxylation sites is 1. The summed E-state index contributed by atoms with van der Waals surface area (Å²) in [7, 11) is 0. The third-order valence-corrected chi connectivity index (χ3v) is 5.20. The number of rotatable bonds is 7. The third-order valence-electron chi connectivity index (χ3n) is 5.20. The van der Waals surface area contributed by atoms with Crippen LogP contribution in [-0.4, -0.2) is 28.2 Å². The predicted octanol–water partition coefficient (Wildman–Crippen LogP) is 4.68. The molecule has 0 aliphatic heterocycles. The van der Waals surface area contributed by atoms with Gasteiger partial charge in [0, 0.05) is 23.0 Å². The Morgan fingerprint density at radius 1 is 0.903 bits per heavy atom. The first kappa shape index (κ1) is 20.2. The van der Waals surface area contributed by atoms with Crippen molar-refractivity contribution in [1.82, 2.24) is 10.3 Å². The summed E-state index contributed by atoms with van der Waals surface area (Å²) in [6.07, 6.45) is 1.02. The van der Waals surface area contributed by atoms with Gasteiger partial charge >= 0.3 is 12.1 Å². The summed E-state index contributed by atoms with van der Waals surface area (Å²) in [6, 6.07) is 25.0. The van der Waals surface area contributed by atoms with Gasteiger partial charge in [-0.2, -0.15) is 0 Å². The summed E-state index contributed by atoms with van der Waals surface area (Å²) in [4.78, 5) is 28.0. The number of H-pyrrole nitrogens is 1. The SMILES string of the molecule is O=C(N[C@H](C(=O)O)[C@@H](c1ccccc1)c1c[nH]c2ccccc12)OCc1ccccc1. The van der Waals surface area contributed by atoms with E-state index in [1.165, 1.54) is 0 Å². The molecule has 4 rings (SSSR count). The van der Waals surface area contributed by atoms with Crippen molar-refractivity contribution in [3.63, 3.8) is 0 Å². The molecule has 6 nitrogen and oxygen atoms in total. The molecule has 0 saturated heterocycles.